The van der Waals surface area contributed by atoms with E-state index in [2.05, 4.69) is 73.7 Å². The molecule has 0 radical (unpaired) electrons. The second-order valence-corrected chi connectivity index (χ2v) is 10.4. The SMILES string of the molecule is [2H]C([2H])([2H])c1c[n+](C)c(-c2ccccc2C)cc1-c1ccc2cc(-c3ccc(C4([2H])CCCCC4)cc3)ccc2c1. The fraction of sp³-hybridized carbons (Fsp3) is 0.250. The van der Waals surface area contributed by atoms with Crippen LogP contribution in [0, 0.1) is 13.8 Å². The van der Waals surface area contributed by atoms with Gasteiger partial charge in [0.15, 0.2) is 6.20 Å². The van der Waals surface area contributed by atoms with Crippen molar-refractivity contribution < 1.29 is 10.1 Å². The number of aromatic nitrogens is 1. The van der Waals surface area contributed by atoms with Gasteiger partial charge in [-0.1, -0.05) is 86.0 Å². The standard InChI is InChI=1S/C36H36N/c1-25-9-7-8-12-34(25)36-23-35(26(2)24-37(36)3)33-20-19-31-21-30(17-18-32(31)22-33)29-15-13-28(14-16-29)27-10-5-4-6-11-27/h7-9,12-24,27H,4-6,10-11H2,1-3H3/q+1/i2D3,27D. The Bertz CT molecular complexity index is 1730. The largest absolute Gasteiger partial charge is 0.213 e. The van der Waals surface area contributed by atoms with E-state index >= 15 is 0 Å². The maximum Gasteiger partial charge on any atom is 0.213 e. The molecule has 0 saturated heterocycles. The third kappa shape index (κ3) is 4.71. The lowest BCUT2D eigenvalue weighted by Gasteiger charge is -2.22. The summed E-state index contributed by atoms with van der Waals surface area (Å²) < 4.78 is 35.6. The number of rotatable bonds is 4. The summed E-state index contributed by atoms with van der Waals surface area (Å²) in [5.74, 6) is -0.447. The van der Waals surface area contributed by atoms with Gasteiger partial charge >= 0.3 is 0 Å². The van der Waals surface area contributed by atoms with E-state index in [1.165, 1.54) is 6.42 Å². The van der Waals surface area contributed by atoms with Gasteiger partial charge < -0.3 is 0 Å². The number of benzene rings is 4. The lowest BCUT2D eigenvalue weighted by molar-refractivity contribution is -0.660. The van der Waals surface area contributed by atoms with Crippen LogP contribution in [0.3, 0.4) is 0 Å². The normalized spacial score (nSPS) is 17.0. The number of fused-ring (bicyclic) bond motifs is 1. The van der Waals surface area contributed by atoms with Crippen molar-refractivity contribution in [3.8, 4) is 33.5 Å². The maximum absolute atomic E-state index is 8.94. The van der Waals surface area contributed by atoms with Crippen molar-refractivity contribution >= 4 is 10.8 Å². The summed E-state index contributed by atoms with van der Waals surface area (Å²) >= 11 is 0. The first-order valence-corrected chi connectivity index (χ1v) is 13.4. The molecule has 0 unspecified atom stereocenters. The zero-order valence-electron chi connectivity index (χ0n) is 25.7. The molecule has 1 aliphatic carbocycles. The van der Waals surface area contributed by atoms with Crippen LogP contribution in [0.4, 0.5) is 0 Å². The molecular formula is C36H36N+. The number of pyridine rings is 1. The average molecular weight is 487 g/mol. The quantitative estimate of drug-likeness (QED) is 0.223. The fourth-order valence-corrected chi connectivity index (χ4v) is 5.77. The Balaban J connectivity index is 1.38. The number of hydrogen-bond donors (Lipinski definition) is 0. The van der Waals surface area contributed by atoms with Gasteiger partial charge in [0, 0.05) is 22.7 Å². The number of nitrogens with zero attached hydrogens (tertiary/aromatic N) is 1. The van der Waals surface area contributed by atoms with Crippen LogP contribution >= 0.6 is 0 Å². The molecule has 1 aromatic heterocycles. The molecule has 0 aliphatic heterocycles. The molecule has 184 valence electrons. The van der Waals surface area contributed by atoms with Gasteiger partial charge in [-0.2, -0.15) is 0 Å². The molecule has 0 spiro atoms. The van der Waals surface area contributed by atoms with Gasteiger partial charge in [-0.3, -0.25) is 0 Å². The Morgan fingerprint density at radius 3 is 2.11 bits per heavy atom. The first-order valence-electron chi connectivity index (χ1n) is 15.4. The molecule has 0 bridgehead atoms. The van der Waals surface area contributed by atoms with E-state index in [9.17, 15) is 0 Å². The molecule has 0 atom stereocenters. The molecule has 5 aromatic rings. The highest BCUT2D eigenvalue weighted by Crippen LogP contribution is 2.35. The van der Waals surface area contributed by atoms with Crippen LogP contribution < -0.4 is 4.57 Å². The van der Waals surface area contributed by atoms with E-state index in [1.807, 2.05) is 35.9 Å². The molecule has 0 N–H and O–H groups in total. The van der Waals surface area contributed by atoms with Crippen molar-refractivity contribution in [3.05, 3.63) is 114 Å². The Morgan fingerprint density at radius 2 is 1.38 bits per heavy atom. The van der Waals surface area contributed by atoms with Crippen LogP contribution in [0.1, 0.15) is 60.2 Å². The van der Waals surface area contributed by atoms with Crippen LogP contribution in [0.5, 0.6) is 0 Å². The third-order valence-electron chi connectivity index (χ3n) is 7.93. The van der Waals surface area contributed by atoms with Gasteiger partial charge in [0.1, 0.15) is 7.05 Å². The van der Waals surface area contributed by atoms with Crippen molar-refractivity contribution in [1.29, 1.82) is 0 Å². The lowest BCUT2D eigenvalue weighted by Crippen LogP contribution is -2.31. The molecule has 4 aromatic carbocycles. The average Bonchev–Trinajstić information content (AvgIpc) is 2.97. The monoisotopic (exact) mass is 486 g/mol. The molecule has 1 heteroatoms. The topological polar surface area (TPSA) is 3.88 Å². The maximum atomic E-state index is 8.94. The molecule has 1 aliphatic rings. The van der Waals surface area contributed by atoms with Gasteiger partial charge in [0.05, 0.1) is 0 Å². The third-order valence-corrected chi connectivity index (χ3v) is 7.93. The van der Waals surface area contributed by atoms with Crippen molar-refractivity contribution in [2.24, 2.45) is 7.05 Å². The zero-order valence-corrected chi connectivity index (χ0v) is 21.7. The summed E-state index contributed by atoms with van der Waals surface area (Å²) in [5, 5.41) is 2.17. The van der Waals surface area contributed by atoms with Crippen LogP contribution in [-0.2, 0) is 7.05 Å². The summed E-state index contributed by atoms with van der Waals surface area (Å²) in [5.41, 5.74) is 8.58. The van der Waals surface area contributed by atoms with E-state index < -0.39 is 12.7 Å². The minimum atomic E-state index is -2.24. The summed E-state index contributed by atoms with van der Waals surface area (Å²) in [6.45, 7) is -0.160. The molecule has 1 heterocycles. The summed E-state index contributed by atoms with van der Waals surface area (Å²) in [4.78, 5) is 0. The van der Waals surface area contributed by atoms with Gasteiger partial charge in [-0.25, -0.2) is 4.57 Å². The van der Waals surface area contributed by atoms with Crippen molar-refractivity contribution in [3.63, 3.8) is 0 Å². The molecule has 1 fully saturated rings. The number of hydrogen-bond acceptors (Lipinski definition) is 0. The van der Waals surface area contributed by atoms with E-state index in [1.54, 1.807) is 6.20 Å². The Morgan fingerprint density at radius 1 is 0.703 bits per heavy atom. The van der Waals surface area contributed by atoms with Crippen molar-refractivity contribution in [2.45, 2.75) is 51.8 Å². The van der Waals surface area contributed by atoms with Crippen molar-refractivity contribution in [1.82, 2.24) is 0 Å². The van der Waals surface area contributed by atoms with E-state index in [-0.39, 0.29) is 0 Å². The Labute approximate surface area is 227 Å². The second kappa shape index (κ2) is 9.98. The molecule has 37 heavy (non-hydrogen) atoms. The second-order valence-electron chi connectivity index (χ2n) is 10.4. The summed E-state index contributed by atoms with van der Waals surface area (Å²) in [6.07, 6.45) is 7.17. The highest BCUT2D eigenvalue weighted by Gasteiger charge is 2.17. The van der Waals surface area contributed by atoms with Crippen molar-refractivity contribution in [2.75, 3.05) is 0 Å². The highest BCUT2D eigenvalue weighted by molar-refractivity contribution is 5.91. The van der Waals surface area contributed by atoms with Gasteiger partial charge in [0.2, 0.25) is 5.69 Å². The first-order chi connectivity index (χ1) is 19.6. The van der Waals surface area contributed by atoms with Gasteiger partial charge in [-0.05, 0) is 94.9 Å². The minimum absolute atomic E-state index is 0.346. The Hall–Kier alpha value is -3.71. The molecular weight excluding hydrogens is 446 g/mol. The van der Waals surface area contributed by atoms with E-state index in [0.29, 0.717) is 5.56 Å². The molecule has 6 rings (SSSR count). The highest BCUT2D eigenvalue weighted by atomic mass is 14.9. The van der Waals surface area contributed by atoms with Gasteiger partial charge in [-0.15, -0.1) is 0 Å². The smallest absolute Gasteiger partial charge is 0.201 e. The van der Waals surface area contributed by atoms with E-state index in [4.69, 9.17) is 5.48 Å². The van der Waals surface area contributed by atoms with Crippen LogP contribution in [0.15, 0.2) is 97.2 Å². The van der Waals surface area contributed by atoms with Crippen LogP contribution in [-0.4, -0.2) is 0 Å². The van der Waals surface area contributed by atoms with Gasteiger partial charge in [0.25, 0.3) is 0 Å². The fourth-order valence-electron chi connectivity index (χ4n) is 5.77. The predicted molar refractivity (Wildman–Crippen MR) is 157 cm³/mol. The van der Waals surface area contributed by atoms with Crippen LogP contribution in [0.2, 0.25) is 0 Å². The minimum Gasteiger partial charge on any atom is -0.201 e. The summed E-state index contributed by atoms with van der Waals surface area (Å²) in [7, 11) is 1.91. The predicted octanol–water partition coefficient (Wildman–Crippen LogP) is 9.33. The first kappa shape index (κ1) is 19.4. The molecule has 1 nitrogen and oxygen atoms in total. The van der Waals surface area contributed by atoms with E-state index in [0.717, 1.165) is 81.1 Å². The Kier molecular flexibility index (Phi) is 5.23. The summed E-state index contributed by atoms with van der Waals surface area (Å²) in [6, 6.07) is 31.5. The lowest BCUT2D eigenvalue weighted by atomic mass is 9.83. The van der Waals surface area contributed by atoms with Crippen LogP contribution in [0.25, 0.3) is 44.3 Å². The zero-order chi connectivity index (χ0) is 28.8. The molecule has 0 amide bonds. The number of aryl methyl sites for hydroxylation is 3. The molecule has 1 saturated carbocycles.